The third-order valence-electron chi connectivity index (χ3n) is 7.04. The van der Waals surface area contributed by atoms with E-state index in [0.717, 1.165) is 9.69 Å². The number of rotatable bonds is 10. The summed E-state index contributed by atoms with van der Waals surface area (Å²) in [7, 11) is -4.31. The van der Waals surface area contributed by atoms with Crippen molar-refractivity contribution in [2.24, 2.45) is 5.73 Å². The topological polar surface area (TPSA) is 134 Å². The Balaban J connectivity index is 1.59. The van der Waals surface area contributed by atoms with Crippen molar-refractivity contribution in [3.8, 4) is 0 Å². The van der Waals surface area contributed by atoms with Gasteiger partial charge < -0.3 is 15.5 Å². The van der Waals surface area contributed by atoms with E-state index in [0.29, 0.717) is 16.1 Å². The predicted molar refractivity (Wildman–Crippen MR) is 152 cm³/mol. The number of benzene rings is 2. The van der Waals surface area contributed by atoms with Gasteiger partial charge in [-0.15, -0.1) is 0 Å². The van der Waals surface area contributed by atoms with Crippen molar-refractivity contribution in [2.45, 2.75) is 56.8 Å². The minimum Gasteiger partial charge on any atom is -0.369 e. The normalized spacial score (nSPS) is 16.6. The first-order valence-electron chi connectivity index (χ1n) is 12.9. The average Bonchev–Trinajstić information content (AvgIpc) is 3.29. The van der Waals surface area contributed by atoms with Gasteiger partial charge in [-0.1, -0.05) is 29.8 Å². The van der Waals surface area contributed by atoms with Gasteiger partial charge in [0.05, 0.1) is 23.7 Å². The van der Waals surface area contributed by atoms with Crippen molar-refractivity contribution in [1.82, 2.24) is 19.1 Å². The van der Waals surface area contributed by atoms with Gasteiger partial charge in [0.25, 0.3) is 0 Å². The van der Waals surface area contributed by atoms with Crippen molar-refractivity contribution >= 4 is 50.1 Å². The molecule has 10 nitrogen and oxygen atoms in total. The molecule has 0 spiro atoms. The van der Waals surface area contributed by atoms with Crippen LogP contribution in [0.2, 0.25) is 5.02 Å². The van der Waals surface area contributed by atoms with Crippen LogP contribution >= 0.6 is 11.6 Å². The highest BCUT2D eigenvalue weighted by Crippen LogP contribution is 2.29. The van der Waals surface area contributed by atoms with Gasteiger partial charge in [-0.3, -0.25) is 19.4 Å². The Labute approximate surface area is 238 Å². The second-order valence-corrected chi connectivity index (χ2v) is 12.4. The Bertz CT molecular complexity index is 1530. The van der Waals surface area contributed by atoms with Crippen LogP contribution in [0.1, 0.15) is 32.9 Å². The summed E-state index contributed by atoms with van der Waals surface area (Å²) in [6.07, 6.45) is 1.75. The number of fused-ring (bicyclic) bond motifs is 1. The van der Waals surface area contributed by atoms with Gasteiger partial charge >= 0.3 is 0 Å². The fraction of sp³-hybridized carbons (Fsp3) is 0.357. The zero-order valence-electron chi connectivity index (χ0n) is 22.5. The molecule has 1 aliphatic heterocycles. The Morgan fingerprint density at radius 1 is 1.10 bits per heavy atom. The second-order valence-electron chi connectivity index (χ2n) is 10.1. The largest absolute Gasteiger partial charge is 0.369 e. The molecule has 2 heterocycles. The minimum atomic E-state index is -4.31. The molecule has 1 aromatic heterocycles. The van der Waals surface area contributed by atoms with E-state index in [2.05, 4.69) is 4.98 Å². The molecule has 0 unspecified atom stereocenters. The molecule has 1 aliphatic rings. The van der Waals surface area contributed by atoms with Gasteiger partial charge in [0.1, 0.15) is 12.1 Å². The third kappa shape index (κ3) is 6.11. The summed E-state index contributed by atoms with van der Waals surface area (Å²) in [6.45, 7) is 5.11. The minimum absolute atomic E-state index is 0.0831. The highest BCUT2D eigenvalue weighted by molar-refractivity contribution is 7.89. The summed E-state index contributed by atoms with van der Waals surface area (Å²) in [6, 6.07) is 12.8. The van der Waals surface area contributed by atoms with Crippen LogP contribution in [-0.4, -0.2) is 76.4 Å². The number of carbonyl (C=O) groups excluding carboxylic acids is 3. The molecule has 0 radical (unpaired) electrons. The number of pyridine rings is 1. The summed E-state index contributed by atoms with van der Waals surface area (Å²) in [4.78, 5) is 46.3. The lowest BCUT2D eigenvalue weighted by Gasteiger charge is -2.33. The quantitative estimate of drug-likeness (QED) is 0.389. The number of sulfonamides is 1. The number of hydrogen-bond donors (Lipinski definition) is 1. The van der Waals surface area contributed by atoms with E-state index in [-0.39, 0.29) is 36.4 Å². The van der Waals surface area contributed by atoms with E-state index in [1.807, 2.05) is 26.0 Å². The van der Waals surface area contributed by atoms with Crippen LogP contribution in [0.15, 0.2) is 65.7 Å². The second kappa shape index (κ2) is 11.9. The zero-order chi connectivity index (χ0) is 29.2. The molecular weight excluding hydrogens is 554 g/mol. The Morgan fingerprint density at radius 2 is 1.80 bits per heavy atom. The van der Waals surface area contributed by atoms with Crippen molar-refractivity contribution in [2.75, 3.05) is 13.1 Å². The summed E-state index contributed by atoms with van der Waals surface area (Å²) in [5.74, 6) is -1.74. The molecule has 3 amide bonds. The molecule has 212 valence electrons. The van der Waals surface area contributed by atoms with Gasteiger partial charge in [-0.05, 0) is 74.4 Å². The molecule has 2 N–H and O–H groups in total. The lowest BCUT2D eigenvalue weighted by atomic mass is 10.1. The molecule has 1 fully saturated rings. The van der Waals surface area contributed by atoms with Crippen molar-refractivity contribution in [3.63, 3.8) is 0 Å². The van der Waals surface area contributed by atoms with Gasteiger partial charge in [0, 0.05) is 23.8 Å². The number of amides is 3. The highest BCUT2D eigenvalue weighted by atomic mass is 35.5. The first-order chi connectivity index (χ1) is 18.9. The number of hydrogen-bond acceptors (Lipinski definition) is 6. The van der Waals surface area contributed by atoms with Gasteiger partial charge in [0.15, 0.2) is 0 Å². The molecule has 0 saturated carbocycles. The van der Waals surface area contributed by atoms with E-state index >= 15 is 0 Å². The van der Waals surface area contributed by atoms with E-state index in [9.17, 15) is 22.8 Å². The monoisotopic (exact) mass is 585 g/mol. The molecule has 12 heteroatoms. The number of carbonyl (C=O) groups is 3. The maximum atomic E-state index is 13.8. The van der Waals surface area contributed by atoms with Crippen LogP contribution < -0.4 is 5.73 Å². The predicted octanol–water partition coefficient (Wildman–Crippen LogP) is 2.79. The van der Waals surface area contributed by atoms with Crippen molar-refractivity contribution in [1.29, 1.82) is 0 Å². The van der Waals surface area contributed by atoms with Crippen molar-refractivity contribution < 1.29 is 22.8 Å². The molecule has 1 saturated heterocycles. The lowest BCUT2D eigenvalue weighted by molar-refractivity contribution is -0.145. The molecule has 0 bridgehead atoms. The molecule has 3 aromatic rings. The van der Waals surface area contributed by atoms with Crippen LogP contribution in [0.5, 0.6) is 0 Å². The average molecular weight is 586 g/mol. The maximum Gasteiger partial charge on any atom is 0.245 e. The highest BCUT2D eigenvalue weighted by Gasteiger charge is 2.45. The van der Waals surface area contributed by atoms with Crippen LogP contribution in [-0.2, 0) is 31.0 Å². The van der Waals surface area contributed by atoms with Crippen LogP contribution in [0.4, 0.5) is 0 Å². The SMILES string of the molecule is CC(C)N(Cc1ccccn1)C(=O)[C@H](C)N1CC[C@H](N(CC(N)=O)S(=O)(=O)c2ccc3cc(Cl)ccc3c2)C1=O. The summed E-state index contributed by atoms with van der Waals surface area (Å²) in [5, 5.41) is 1.88. The van der Waals surface area contributed by atoms with Gasteiger partial charge in [-0.2, -0.15) is 4.31 Å². The standard InChI is InChI=1S/C28H32ClN5O5S/c1-18(2)33(16-23-6-4-5-12-31-23)27(36)19(3)32-13-11-25(28(32)37)34(17-26(30)35)40(38,39)24-10-8-20-14-22(29)9-7-21(20)15-24/h4-10,12,14-15,18-19,25H,11,13,16-17H2,1-3H3,(H2,30,35)/t19-,25-/m0/s1. The number of nitrogens with two attached hydrogens (primary N) is 1. The molecule has 0 aliphatic carbocycles. The number of nitrogens with zero attached hydrogens (tertiary/aromatic N) is 4. The summed E-state index contributed by atoms with van der Waals surface area (Å²) >= 11 is 6.05. The van der Waals surface area contributed by atoms with Crippen molar-refractivity contribution in [3.05, 3.63) is 71.5 Å². The Hall–Kier alpha value is -3.54. The number of primary amides is 1. The fourth-order valence-corrected chi connectivity index (χ4v) is 6.69. The third-order valence-corrected chi connectivity index (χ3v) is 9.13. The Kier molecular flexibility index (Phi) is 8.77. The molecule has 2 atom stereocenters. The van der Waals surface area contributed by atoms with E-state index in [4.69, 9.17) is 17.3 Å². The number of halogens is 1. The number of likely N-dealkylation sites (tertiary alicyclic amines) is 1. The lowest BCUT2D eigenvalue weighted by Crippen LogP contribution is -2.53. The van der Waals surface area contributed by atoms with Gasteiger partial charge in [-0.25, -0.2) is 8.42 Å². The molecule has 2 aromatic carbocycles. The fourth-order valence-electron chi connectivity index (χ4n) is 4.90. The van der Waals surface area contributed by atoms with Gasteiger partial charge in [0.2, 0.25) is 27.7 Å². The first kappa shape index (κ1) is 29.4. The molecule has 40 heavy (non-hydrogen) atoms. The zero-order valence-corrected chi connectivity index (χ0v) is 24.1. The smallest absolute Gasteiger partial charge is 0.245 e. The maximum absolute atomic E-state index is 13.8. The van der Waals surface area contributed by atoms with Crippen LogP contribution in [0.3, 0.4) is 0 Å². The molecule has 4 rings (SSSR count). The first-order valence-corrected chi connectivity index (χ1v) is 14.7. The van der Waals surface area contributed by atoms with E-state index < -0.39 is 40.5 Å². The van der Waals surface area contributed by atoms with E-state index in [1.54, 1.807) is 48.4 Å². The van der Waals surface area contributed by atoms with E-state index in [1.165, 1.54) is 17.0 Å². The van der Waals surface area contributed by atoms with Crippen LogP contribution in [0, 0.1) is 0 Å². The summed E-state index contributed by atoms with van der Waals surface area (Å²) < 4.78 is 28.4. The summed E-state index contributed by atoms with van der Waals surface area (Å²) in [5.41, 5.74) is 6.13. The Morgan fingerprint density at radius 3 is 2.45 bits per heavy atom. The molecular formula is C28H32ClN5O5S. The van der Waals surface area contributed by atoms with Crippen LogP contribution in [0.25, 0.3) is 10.8 Å². The number of aromatic nitrogens is 1.